The maximum Gasteiger partial charge on any atom is 0.153 e. The minimum Gasteiger partial charge on any atom is -0.385 e. The van der Waals surface area contributed by atoms with E-state index < -0.39 is 6.10 Å². The molecular formula is C7H10N6O. The van der Waals surface area contributed by atoms with Gasteiger partial charge in [0.05, 0.1) is 0 Å². The molecule has 7 heteroatoms. The van der Waals surface area contributed by atoms with E-state index in [1.165, 1.54) is 12.7 Å². The summed E-state index contributed by atoms with van der Waals surface area (Å²) in [4.78, 5) is 7.85. The molecule has 2 N–H and O–H groups in total. The maximum absolute atomic E-state index is 9.69. The number of aliphatic hydroxyl groups is 1. The first-order valence-corrected chi connectivity index (χ1v) is 4.13. The molecule has 2 aromatic heterocycles. The average molecular weight is 194 g/mol. The van der Waals surface area contributed by atoms with E-state index in [9.17, 15) is 5.11 Å². The topological polar surface area (TPSA) is 92.5 Å². The molecule has 2 rings (SSSR count). The molecule has 0 aliphatic rings. The molecule has 0 aliphatic carbocycles. The molecule has 0 radical (unpaired) electrons. The smallest absolute Gasteiger partial charge is 0.153 e. The van der Waals surface area contributed by atoms with Crippen LogP contribution < -0.4 is 0 Å². The summed E-state index contributed by atoms with van der Waals surface area (Å²) in [6, 6.07) is 0. The van der Waals surface area contributed by atoms with Gasteiger partial charge >= 0.3 is 0 Å². The van der Waals surface area contributed by atoms with Gasteiger partial charge in [-0.3, -0.25) is 9.78 Å². The molecule has 2 heterocycles. The standard InChI is InChI=1S/C7H10N6O/c1-13-6(8-4-11-13)2-5(14)7-9-3-10-12-7/h3-5,14H,2H2,1H3,(H,9,10,12). The van der Waals surface area contributed by atoms with Gasteiger partial charge in [0.15, 0.2) is 5.82 Å². The van der Waals surface area contributed by atoms with Crippen LogP contribution in [0.2, 0.25) is 0 Å². The second-order valence-corrected chi connectivity index (χ2v) is 2.89. The Morgan fingerprint density at radius 3 is 2.93 bits per heavy atom. The zero-order valence-electron chi connectivity index (χ0n) is 7.62. The van der Waals surface area contributed by atoms with Crippen LogP contribution in [-0.2, 0) is 13.5 Å². The van der Waals surface area contributed by atoms with Gasteiger partial charge in [-0.15, -0.1) is 0 Å². The second-order valence-electron chi connectivity index (χ2n) is 2.89. The number of hydrogen-bond donors (Lipinski definition) is 2. The van der Waals surface area contributed by atoms with Crippen molar-refractivity contribution in [3.63, 3.8) is 0 Å². The third-order valence-corrected chi connectivity index (χ3v) is 1.93. The van der Waals surface area contributed by atoms with Crippen molar-refractivity contribution in [2.45, 2.75) is 12.5 Å². The normalized spacial score (nSPS) is 13.0. The van der Waals surface area contributed by atoms with E-state index in [-0.39, 0.29) is 0 Å². The summed E-state index contributed by atoms with van der Waals surface area (Å²) < 4.78 is 1.61. The number of aromatic amines is 1. The van der Waals surface area contributed by atoms with Gasteiger partial charge in [0.1, 0.15) is 24.6 Å². The van der Waals surface area contributed by atoms with Crippen molar-refractivity contribution < 1.29 is 5.11 Å². The Balaban J connectivity index is 2.09. The third-order valence-electron chi connectivity index (χ3n) is 1.93. The van der Waals surface area contributed by atoms with Crippen LogP contribution in [0.4, 0.5) is 0 Å². The summed E-state index contributed by atoms with van der Waals surface area (Å²) in [5.41, 5.74) is 0. The van der Waals surface area contributed by atoms with Gasteiger partial charge in [0, 0.05) is 13.5 Å². The number of rotatable bonds is 3. The summed E-state index contributed by atoms with van der Waals surface area (Å²) in [6.07, 6.45) is 2.45. The van der Waals surface area contributed by atoms with Crippen molar-refractivity contribution in [3.8, 4) is 0 Å². The number of nitrogens with zero attached hydrogens (tertiary/aromatic N) is 5. The molecule has 0 amide bonds. The van der Waals surface area contributed by atoms with E-state index in [1.54, 1.807) is 11.7 Å². The quantitative estimate of drug-likeness (QED) is 0.668. The lowest BCUT2D eigenvalue weighted by atomic mass is 10.2. The Morgan fingerprint density at radius 2 is 2.36 bits per heavy atom. The molecule has 1 unspecified atom stereocenters. The molecule has 1 atom stereocenters. The summed E-state index contributed by atoms with van der Waals surface area (Å²) in [5, 5.41) is 19.8. The molecule has 74 valence electrons. The van der Waals surface area contributed by atoms with Crippen LogP contribution in [0.1, 0.15) is 17.8 Å². The molecule has 2 aromatic rings. The molecular weight excluding hydrogens is 184 g/mol. The molecule has 0 spiro atoms. The Kier molecular flexibility index (Phi) is 2.23. The highest BCUT2D eigenvalue weighted by atomic mass is 16.3. The van der Waals surface area contributed by atoms with E-state index in [4.69, 9.17) is 0 Å². The second kappa shape index (κ2) is 3.54. The molecule has 0 fully saturated rings. The van der Waals surface area contributed by atoms with E-state index in [0.29, 0.717) is 18.1 Å². The fraction of sp³-hybridized carbons (Fsp3) is 0.429. The predicted molar refractivity (Wildman–Crippen MR) is 46.0 cm³/mol. The van der Waals surface area contributed by atoms with Crippen molar-refractivity contribution in [3.05, 3.63) is 24.3 Å². The van der Waals surface area contributed by atoms with Crippen LogP contribution in [0.25, 0.3) is 0 Å². The Hall–Kier alpha value is -1.76. The monoisotopic (exact) mass is 194 g/mol. The van der Waals surface area contributed by atoms with Gasteiger partial charge in [-0.05, 0) is 0 Å². The highest BCUT2D eigenvalue weighted by molar-refractivity contribution is 4.94. The first kappa shape index (κ1) is 8.82. The third kappa shape index (κ3) is 1.62. The minimum absolute atomic E-state index is 0.367. The number of H-pyrrole nitrogens is 1. The van der Waals surface area contributed by atoms with Gasteiger partial charge in [0.2, 0.25) is 0 Å². The fourth-order valence-corrected chi connectivity index (χ4v) is 1.15. The van der Waals surface area contributed by atoms with Crippen molar-refractivity contribution in [1.82, 2.24) is 29.9 Å². The van der Waals surface area contributed by atoms with Crippen LogP contribution in [0.15, 0.2) is 12.7 Å². The first-order chi connectivity index (χ1) is 6.77. The highest BCUT2D eigenvalue weighted by Gasteiger charge is 2.13. The SMILES string of the molecule is Cn1ncnc1CC(O)c1ncn[nH]1. The zero-order valence-corrected chi connectivity index (χ0v) is 7.62. The van der Waals surface area contributed by atoms with Crippen molar-refractivity contribution >= 4 is 0 Å². The lowest BCUT2D eigenvalue weighted by molar-refractivity contribution is 0.165. The van der Waals surface area contributed by atoms with E-state index >= 15 is 0 Å². The first-order valence-electron chi connectivity index (χ1n) is 4.13. The lowest BCUT2D eigenvalue weighted by Crippen LogP contribution is -2.08. The summed E-state index contributed by atoms with van der Waals surface area (Å²) >= 11 is 0. The Morgan fingerprint density at radius 1 is 1.50 bits per heavy atom. The van der Waals surface area contributed by atoms with Crippen LogP contribution in [0.3, 0.4) is 0 Å². The van der Waals surface area contributed by atoms with Crippen LogP contribution in [0.5, 0.6) is 0 Å². The maximum atomic E-state index is 9.69. The van der Waals surface area contributed by atoms with Gasteiger partial charge in [-0.1, -0.05) is 0 Å². The van der Waals surface area contributed by atoms with Crippen LogP contribution in [-0.4, -0.2) is 35.1 Å². The Bertz CT molecular complexity index is 394. The van der Waals surface area contributed by atoms with Crippen LogP contribution in [0, 0.1) is 0 Å². The summed E-state index contributed by atoms with van der Waals surface area (Å²) in [6.45, 7) is 0. The number of aryl methyl sites for hydroxylation is 1. The van der Waals surface area contributed by atoms with E-state index in [0.717, 1.165) is 0 Å². The lowest BCUT2D eigenvalue weighted by Gasteiger charge is -2.05. The predicted octanol–water partition coefficient (Wildman–Crippen LogP) is -0.791. The van der Waals surface area contributed by atoms with Gasteiger partial charge < -0.3 is 5.11 Å². The average Bonchev–Trinajstić information content (AvgIpc) is 2.77. The van der Waals surface area contributed by atoms with Crippen molar-refractivity contribution in [1.29, 1.82) is 0 Å². The van der Waals surface area contributed by atoms with Gasteiger partial charge in [-0.2, -0.15) is 10.2 Å². The van der Waals surface area contributed by atoms with Gasteiger partial charge in [-0.25, -0.2) is 9.97 Å². The minimum atomic E-state index is -0.722. The van der Waals surface area contributed by atoms with Crippen molar-refractivity contribution in [2.24, 2.45) is 7.05 Å². The highest BCUT2D eigenvalue weighted by Crippen LogP contribution is 2.10. The molecule has 14 heavy (non-hydrogen) atoms. The molecule has 0 bridgehead atoms. The summed E-state index contributed by atoms with van der Waals surface area (Å²) in [5.74, 6) is 1.14. The van der Waals surface area contributed by atoms with Crippen LogP contribution >= 0.6 is 0 Å². The molecule has 7 nitrogen and oxygen atoms in total. The number of aliphatic hydroxyl groups excluding tert-OH is 1. The zero-order chi connectivity index (χ0) is 9.97. The largest absolute Gasteiger partial charge is 0.385 e. The fourth-order valence-electron chi connectivity index (χ4n) is 1.15. The molecule has 0 saturated carbocycles. The van der Waals surface area contributed by atoms with E-state index in [2.05, 4.69) is 25.3 Å². The molecule has 0 aromatic carbocycles. The molecule has 0 aliphatic heterocycles. The van der Waals surface area contributed by atoms with Gasteiger partial charge in [0.25, 0.3) is 0 Å². The number of nitrogens with one attached hydrogen (secondary N) is 1. The summed E-state index contributed by atoms with van der Waals surface area (Å²) in [7, 11) is 1.77. The number of aromatic nitrogens is 6. The molecule has 0 saturated heterocycles. The van der Waals surface area contributed by atoms with Crippen molar-refractivity contribution in [2.75, 3.05) is 0 Å². The number of hydrogen-bond acceptors (Lipinski definition) is 5. The van der Waals surface area contributed by atoms with E-state index in [1.807, 2.05) is 0 Å². The Labute approximate surface area is 79.8 Å².